The maximum atomic E-state index is 13.2. The average molecular weight is 425 g/mol. The number of rotatable bonds is 7. The number of hydrogen-bond donors (Lipinski definition) is 1. The molecule has 1 aromatic heterocycles. The zero-order chi connectivity index (χ0) is 20.8. The number of nitrogens with one attached hydrogen (secondary N) is 1. The Bertz CT molecular complexity index is 1010. The molecule has 0 saturated carbocycles. The summed E-state index contributed by atoms with van der Waals surface area (Å²) in [5.41, 5.74) is 1.21. The Kier molecular flexibility index (Phi) is 6.50. The highest BCUT2D eigenvalue weighted by molar-refractivity contribution is 6.30. The van der Waals surface area contributed by atoms with Gasteiger partial charge in [0.15, 0.2) is 0 Å². The van der Waals surface area contributed by atoms with Crippen molar-refractivity contribution in [3.63, 3.8) is 0 Å². The number of ether oxygens (including phenoxy) is 2. The Hall–Kier alpha value is -2.63. The fourth-order valence-electron chi connectivity index (χ4n) is 3.97. The van der Waals surface area contributed by atoms with Gasteiger partial charge < -0.3 is 14.8 Å². The second-order valence-electron chi connectivity index (χ2n) is 7.49. The predicted molar refractivity (Wildman–Crippen MR) is 118 cm³/mol. The summed E-state index contributed by atoms with van der Waals surface area (Å²) in [6.07, 6.45) is 3.77. The Labute approximate surface area is 181 Å². The van der Waals surface area contributed by atoms with E-state index in [-0.39, 0.29) is 5.91 Å². The van der Waals surface area contributed by atoms with Crippen LogP contribution >= 0.6 is 11.6 Å². The van der Waals surface area contributed by atoms with E-state index in [1.165, 1.54) is 0 Å². The van der Waals surface area contributed by atoms with Crippen molar-refractivity contribution in [1.82, 2.24) is 10.3 Å². The van der Waals surface area contributed by atoms with Gasteiger partial charge in [-0.25, -0.2) is 0 Å². The number of amides is 1. The number of fused-ring (bicyclic) bond motifs is 1. The van der Waals surface area contributed by atoms with Crippen LogP contribution in [0.25, 0.3) is 10.9 Å². The van der Waals surface area contributed by atoms with Crippen molar-refractivity contribution in [1.29, 1.82) is 0 Å². The van der Waals surface area contributed by atoms with Gasteiger partial charge in [-0.05, 0) is 49.1 Å². The van der Waals surface area contributed by atoms with Crippen LogP contribution < -0.4 is 10.1 Å². The number of carbonyl (C=O) groups excluding carboxylic acids is 1. The number of carbonyl (C=O) groups is 1. The number of hydrogen-bond acceptors (Lipinski definition) is 4. The summed E-state index contributed by atoms with van der Waals surface area (Å²) >= 11 is 6.19. The van der Waals surface area contributed by atoms with Crippen LogP contribution in [0.15, 0.2) is 60.8 Å². The molecule has 2 aromatic carbocycles. The van der Waals surface area contributed by atoms with Crippen LogP contribution in [0.3, 0.4) is 0 Å². The van der Waals surface area contributed by atoms with E-state index >= 15 is 0 Å². The third-order valence-electron chi connectivity index (χ3n) is 5.62. The molecule has 5 nitrogen and oxygen atoms in total. The molecule has 0 unspecified atom stereocenters. The number of pyridine rings is 1. The lowest BCUT2D eigenvalue weighted by Crippen LogP contribution is -2.48. The van der Waals surface area contributed by atoms with Crippen LogP contribution in [0.2, 0.25) is 5.02 Å². The molecule has 1 N–H and O–H groups in total. The molecule has 3 aromatic rings. The molecular weight excluding hydrogens is 400 g/mol. The van der Waals surface area contributed by atoms with Gasteiger partial charge in [0.1, 0.15) is 11.3 Å². The van der Waals surface area contributed by atoms with Crippen molar-refractivity contribution in [2.45, 2.75) is 24.7 Å². The lowest BCUT2D eigenvalue weighted by atomic mass is 9.73. The van der Waals surface area contributed by atoms with E-state index in [0.717, 1.165) is 22.2 Å². The van der Waals surface area contributed by atoms with Gasteiger partial charge >= 0.3 is 0 Å². The van der Waals surface area contributed by atoms with Gasteiger partial charge in [-0.1, -0.05) is 41.9 Å². The molecule has 4 rings (SSSR count). The first-order valence-corrected chi connectivity index (χ1v) is 10.7. The summed E-state index contributed by atoms with van der Waals surface area (Å²) in [4.78, 5) is 17.6. The highest BCUT2D eigenvalue weighted by atomic mass is 35.5. The lowest BCUT2D eigenvalue weighted by Gasteiger charge is -2.36. The molecule has 1 saturated heterocycles. The summed E-state index contributed by atoms with van der Waals surface area (Å²) in [7, 11) is 0. The Balaban J connectivity index is 1.35. The monoisotopic (exact) mass is 424 g/mol. The zero-order valence-corrected chi connectivity index (χ0v) is 17.5. The normalized spacial score (nSPS) is 15.6. The smallest absolute Gasteiger partial charge is 0.230 e. The van der Waals surface area contributed by atoms with Crippen molar-refractivity contribution in [2.75, 3.05) is 26.4 Å². The predicted octanol–water partition coefficient (Wildman–Crippen LogP) is 4.52. The molecule has 0 radical (unpaired) electrons. The van der Waals surface area contributed by atoms with Crippen LogP contribution in [0.5, 0.6) is 5.75 Å². The third kappa shape index (κ3) is 4.42. The van der Waals surface area contributed by atoms with Gasteiger partial charge in [-0.3, -0.25) is 9.78 Å². The summed E-state index contributed by atoms with van der Waals surface area (Å²) in [5, 5.41) is 4.79. The number of para-hydroxylation sites is 1. The van der Waals surface area contributed by atoms with Crippen molar-refractivity contribution in [3.8, 4) is 5.75 Å². The van der Waals surface area contributed by atoms with Crippen molar-refractivity contribution in [2.24, 2.45) is 0 Å². The van der Waals surface area contributed by atoms with Gasteiger partial charge in [0.25, 0.3) is 0 Å². The van der Waals surface area contributed by atoms with Gasteiger partial charge in [0.05, 0.1) is 12.0 Å². The SMILES string of the molecule is O=C(NCCCOc1cccc2cccnc12)C1(c2cccc(Cl)c2)CCOCC1. The second-order valence-corrected chi connectivity index (χ2v) is 7.93. The summed E-state index contributed by atoms with van der Waals surface area (Å²) < 4.78 is 11.4. The summed E-state index contributed by atoms with van der Waals surface area (Å²) in [6, 6.07) is 17.4. The van der Waals surface area contributed by atoms with E-state index in [9.17, 15) is 4.79 Å². The van der Waals surface area contributed by atoms with Gasteiger partial charge in [-0.15, -0.1) is 0 Å². The maximum absolute atomic E-state index is 13.2. The molecule has 0 spiro atoms. The van der Waals surface area contributed by atoms with E-state index < -0.39 is 5.41 Å². The number of aromatic nitrogens is 1. The topological polar surface area (TPSA) is 60.5 Å². The minimum Gasteiger partial charge on any atom is -0.491 e. The third-order valence-corrected chi connectivity index (χ3v) is 5.85. The highest BCUT2D eigenvalue weighted by Gasteiger charge is 2.41. The number of nitrogens with zero attached hydrogens (tertiary/aromatic N) is 1. The number of benzene rings is 2. The summed E-state index contributed by atoms with van der Waals surface area (Å²) in [6.45, 7) is 2.18. The molecule has 1 amide bonds. The minimum absolute atomic E-state index is 0.0277. The second kappa shape index (κ2) is 9.45. The van der Waals surface area contributed by atoms with E-state index in [0.29, 0.717) is 50.7 Å². The molecule has 0 aliphatic carbocycles. The maximum Gasteiger partial charge on any atom is 0.230 e. The molecule has 0 atom stereocenters. The van der Waals surface area contributed by atoms with Crippen LogP contribution in [0.1, 0.15) is 24.8 Å². The van der Waals surface area contributed by atoms with Gasteiger partial charge in [-0.2, -0.15) is 0 Å². The molecule has 1 aliphatic heterocycles. The molecule has 1 aliphatic rings. The first kappa shape index (κ1) is 20.6. The van der Waals surface area contributed by atoms with E-state index in [1.807, 2.05) is 54.6 Å². The molecule has 156 valence electrons. The average Bonchev–Trinajstić information content (AvgIpc) is 2.79. The standard InChI is InChI=1S/C24H25ClN2O3/c25-20-8-2-7-19(17-20)24(10-15-29-16-11-24)23(28)27-13-4-14-30-21-9-1-5-18-6-3-12-26-22(18)21/h1-3,5-9,12,17H,4,10-11,13-16H2,(H,27,28). The molecular formula is C24H25ClN2O3. The van der Waals surface area contributed by atoms with Crippen molar-refractivity contribution < 1.29 is 14.3 Å². The van der Waals surface area contributed by atoms with E-state index in [4.69, 9.17) is 21.1 Å². The molecule has 30 heavy (non-hydrogen) atoms. The largest absolute Gasteiger partial charge is 0.491 e. The zero-order valence-electron chi connectivity index (χ0n) is 16.8. The van der Waals surface area contributed by atoms with E-state index in [1.54, 1.807) is 6.20 Å². The molecule has 2 heterocycles. The summed E-state index contributed by atoms with van der Waals surface area (Å²) in [5.74, 6) is 0.791. The van der Waals surface area contributed by atoms with Gasteiger partial charge in [0.2, 0.25) is 5.91 Å². The first-order valence-electron chi connectivity index (χ1n) is 10.3. The lowest BCUT2D eigenvalue weighted by molar-refractivity contribution is -0.130. The number of halogens is 1. The van der Waals surface area contributed by atoms with E-state index in [2.05, 4.69) is 10.3 Å². The van der Waals surface area contributed by atoms with Crippen LogP contribution in [-0.2, 0) is 14.9 Å². The Morgan fingerprint density at radius 3 is 2.77 bits per heavy atom. The van der Waals surface area contributed by atoms with Crippen LogP contribution in [-0.4, -0.2) is 37.3 Å². The molecule has 6 heteroatoms. The Morgan fingerprint density at radius 2 is 1.93 bits per heavy atom. The Morgan fingerprint density at radius 1 is 1.13 bits per heavy atom. The fourth-order valence-corrected chi connectivity index (χ4v) is 4.16. The van der Waals surface area contributed by atoms with Gasteiger partial charge in [0, 0.05) is 36.4 Å². The first-order chi connectivity index (χ1) is 14.7. The highest BCUT2D eigenvalue weighted by Crippen LogP contribution is 2.36. The van der Waals surface area contributed by atoms with Crippen molar-refractivity contribution >= 4 is 28.4 Å². The van der Waals surface area contributed by atoms with Crippen molar-refractivity contribution in [3.05, 3.63) is 71.4 Å². The quantitative estimate of drug-likeness (QED) is 0.566. The molecule has 1 fully saturated rings. The molecule has 0 bridgehead atoms. The minimum atomic E-state index is -0.594. The van der Waals surface area contributed by atoms with Crippen LogP contribution in [0, 0.1) is 0 Å². The van der Waals surface area contributed by atoms with Crippen LogP contribution in [0.4, 0.5) is 0 Å². The fraction of sp³-hybridized carbons (Fsp3) is 0.333.